The summed E-state index contributed by atoms with van der Waals surface area (Å²) in [5.74, 6) is 0.173. The Bertz CT molecular complexity index is 732. The number of amides is 1. The SMILES string of the molecule is CS(=O)(=O)N1CCC(C(=O)NC2CCCC2)Oc2ccc(Cl)cc21. The molecule has 24 heavy (non-hydrogen) atoms. The van der Waals surface area contributed by atoms with Gasteiger partial charge in [-0.2, -0.15) is 0 Å². The Labute approximate surface area is 147 Å². The van der Waals surface area contributed by atoms with Crippen molar-refractivity contribution in [3.05, 3.63) is 23.2 Å². The first-order chi connectivity index (χ1) is 11.3. The number of benzene rings is 1. The van der Waals surface area contributed by atoms with E-state index >= 15 is 0 Å². The molecule has 1 aromatic carbocycles. The number of ether oxygens (including phenoxy) is 1. The highest BCUT2D eigenvalue weighted by atomic mass is 35.5. The van der Waals surface area contributed by atoms with Gasteiger partial charge in [-0.05, 0) is 31.0 Å². The highest BCUT2D eigenvalue weighted by molar-refractivity contribution is 7.92. The minimum Gasteiger partial charge on any atom is -0.478 e. The van der Waals surface area contributed by atoms with Gasteiger partial charge in [0.05, 0.1) is 11.9 Å². The van der Waals surface area contributed by atoms with Gasteiger partial charge < -0.3 is 10.1 Å². The first-order valence-corrected chi connectivity index (χ1v) is 10.3. The third-order valence-electron chi connectivity index (χ3n) is 4.45. The summed E-state index contributed by atoms with van der Waals surface area (Å²) in [4.78, 5) is 12.5. The lowest BCUT2D eigenvalue weighted by Gasteiger charge is -2.21. The molecule has 6 nitrogen and oxygen atoms in total. The van der Waals surface area contributed by atoms with E-state index in [2.05, 4.69) is 5.32 Å². The van der Waals surface area contributed by atoms with E-state index < -0.39 is 16.1 Å². The highest BCUT2D eigenvalue weighted by Gasteiger charge is 2.32. The van der Waals surface area contributed by atoms with E-state index in [1.54, 1.807) is 18.2 Å². The predicted molar refractivity (Wildman–Crippen MR) is 93.1 cm³/mol. The zero-order valence-electron chi connectivity index (χ0n) is 13.5. The molecule has 1 amide bonds. The van der Waals surface area contributed by atoms with Gasteiger partial charge in [0.15, 0.2) is 6.10 Å². The Kier molecular flexibility index (Phi) is 4.92. The number of anilines is 1. The van der Waals surface area contributed by atoms with Crippen LogP contribution in [0.4, 0.5) is 5.69 Å². The maximum absolute atomic E-state index is 12.5. The van der Waals surface area contributed by atoms with E-state index in [0.29, 0.717) is 16.5 Å². The molecule has 1 heterocycles. The molecule has 1 aromatic rings. The number of hydrogen-bond donors (Lipinski definition) is 1. The molecule has 0 bridgehead atoms. The molecule has 0 spiro atoms. The second kappa shape index (κ2) is 6.80. The summed E-state index contributed by atoms with van der Waals surface area (Å²) in [6.45, 7) is 0.176. The van der Waals surface area contributed by atoms with Crippen LogP contribution in [0.25, 0.3) is 0 Å². The Morgan fingerprint density at radius 2 is 2.00 bits per heavy atom. The van der Waals surface area contributed by atoms with E-state index in [-0.39, 0.29) is 24.9 Å². The molecule has 0 aromatic heterocycles. The number of carbonyl (C=O) groups excluding carboxylic acids is 1. The Balaban J connectivity index is 1.84. The van der Waals surface area contributed by atoms with Crippen LogP contribution in [-0.2, 0) is 14.8 Å². The third kappa shape index (κ3) is 3.78. The number of hydrogen-bond acceptors (Lipinski definition) is 4. The van der Waals surface area contributed by atoms with Crippen molar-refractivity contribution < 1.29 is 17.9 Å². The molecular formula is C16H21ClN2O4S. The first-order valence-electron chi connectivity index (χ1n) is 8.09. The quantitative estimate of drug-likeness (QED) is 0.883. The van der Waals surface area contributed by atoms with Gasteiger partial charge in [0, 0.05) is 24.0 Å². The molecule has 1 saturated carbocycles. The van der Waals surface area contributed by atoms with Crippen LogP contribution >= 0.6 is 11.6 Å². The van der Waals surface area contributed by atoms with Crippen LogP contribution in [0.3, 0.4) is 0 Å². The Morgan fingerprint density at radius 3 is 2.67 bits per heavy atom. The molecule has 8 heteroatoms. The van der Waals surface area contributed by atoms with Gasteiger partial charge in [0.2, 0.25) is 10.0 Å². The van der Waals surface area contributed by atoms with Crippen LogP contribution in [0.15, 0.2) is 18.2 Å². The lowest BCUT2D eigenvalue weighted by atomic mass is 10.2. The van der Waals surface area contributed by atoms with Crippen LogP contribution < -0.4 is 14.4 Å². The zero-order chi connectivity index (χ0) is 17.3. The topological polar surface area (TPSA) is 75.7 Å². The number of rotatable bonds is 3. The number of fused-ring (bicyclic) bond motifs is 1. The largest absolute Gasteiger partial charge is 0.478 e. The Hall–Kier alpha value is -1.47. The van der Waals surface area contributed by atoms with Gasteiger partial charge in [-0.1, -0.05) is 24.4 Å². The predicted octanol–water partition coefficient (Wildman–Crippen LogP) is 2.32. The molecule has 0 saturated heterocycles. The summed E-state index contributed by atoms with van der Waals surface area (Å²) in [6.07, 6.45) is 4.94. The summed E-state index contributed by atoms with van der Waals surface area (Å²) < 4.78 is 31.3. The monoisotopic (exact) mass is 372 g/mol. The van der Waals surface area contributed by atoms with Crippen LogP contribution in [0.1, 0.15) is 32.1 Å². The molecule has 2 aliphatic rings. The smallest absolute Gasteiger partial charge is 0.261 e. The molecule has 1 aliphatic heterocycles. The summed E-state index contributed by atoms with van der Waals surface area (Å²) in [6, 6.07) is 4.98. The molecule has 0 radical (unpaired) electrons. The molecule has 1 fully saturated rings. The van der Waals surface area contributed by atoms with Crippen molar-refractivity contribution in [2.24, 2.45) is 0 Å². The van der Waals surface area contributed by atoms with E-state index in [1.807, 2.05) is 0 Å². The van der Waals surface area contributed by atoms with Crippen LogP contribution in [-0.4, -0.2) is 39.3 Å². The zero-order valence-corrected chi connectivity index (χ0v) is 15.1. The van der Waals surface area contributed by atoms with Gasteiger partial charge >= 0.3 is 0 Å². The van der Waals surface area contributed by atoms with E-state index in [4.69, 9.17) is 16.3 Å². The van der Waals surface area contributed by atoms with E-state index in [1.165, 1.54) is 4.31 Å². The molecular weight excluding hydrogens is 352 g/mol. The van der Waals surface area contributed by atoms with Gasteiger partial charge in [-0.25, -0.2) is 8.42 Å². The third-order valence-corrected chi connectivity index (χ3v) is 5.86. The fourth-order valence-corrected chi connectivity index (χ4v) is 4.35. The average Bonchev–Trinajstić information content (AvgIpc) is 2.91. The summed E-state index contributed by atoms with van der Waals surface area (Å²) in [5, 5.41) is 3.43. The fraction of sp³-hybridized carbons (Fsp3) is 0.562. The maximum Gasteiger partial charge on any atom is 0.261 e. The van der Waals surface area contributed by atoms with Crippen molar-refractivity contribution in [3.63, 3.8) is 0 Å². The first kappa shape index (κ1) is 17.4. The average molecular weight is 373 g/mol. The van der Waals surface area contributed by atoms with Crippen molar-refractivity contribution in [2.45, 2.75) is 44.2 Å². The standard InChI is InChI=1S/C16H21ClN2O4S/c1-24(21,22)19-9-8-15(16(20)18-12-4-2-3-5-12)23-14-7-6-11(17)10-13(14)19/h6-7,10,12,15H,2-5,8-9H2,1H3,(H,18,20). The normalized spacial score (nSPS) is 21.8. The summed E-state index contributed by atoms with van der Waals surface area (Å²) >= 11 is 6.00. The van der Waals surface area contributed by atoms with Crippen LogP contribution in [0.2, 0.25) is 5.02 Å². The van der Waals surface area contributed by atoms with E-state index in [0.717, 1.165) is 31.9 Å². The molecule has 1 aliphatic carbocycles. The second-order valence-corrected chi connectivity index (χ2v) is 8.68. The fourth-order valence-electron chi connectivity index (χ4n) is 3.25. The van der Waals surface area contributed by atoms with E-state index in [9.17, 15) is 13.2 Å². The molecule has 1 N–H and O–H groups in total. The number of nitrogens with one attached hydrogen (secondary N) is 1. The van der Waals surface area contributed by atoms with Gasteiger partial charge in [-0.15, -0.1) is 0 Å². The highest BCUT2D eigenvalue weighted by Crippen LogP contribution is 2.36. The van der Waals surface area contributed by atoms with Crippen LogP contribution in [0.5, 0.6) is 5.75 Å². The van der Waals surface area contributed by atoms with Gasteiger partial charge in [-0.3, -0.25) is 9.10 Å². The Morgan fingerprint density at radius 1 is 1.29 bits per heavy atom. The van der Waals surface area contributed by atoms with Crippen molar-refractivity contribution in [1.29, 1.82) is 0 Å². The van der Waals surface area contributed by atoms with Crippen LogP contribution in [0, 0.1) is 0 Å². The second-order valence-electron chi connectivity index (χ2n) is 6.33. The molecule has 1 unspecified atom stereocenters. The molecule has 1 atom stereocenters. The number of nitrogens with zero attached hydrogens (tertiary/aromatic N) is 1. The van der Waals surface area contributed by atoms with Crippen molar-refractivity contribution in [3.8, 4) is 5.75 Å². The minimum atomic E-state index is -3.49. The van der Waals surface area contributed by atoms with Crippen molar-refractivity contribution >= 4 is 33.2 Å². The minimum absolute atomic E-state index is 0.176. The molecule has 132 valence electrons. The summed E-state index contributed by atoms with van der Waals surface area (Å²) in [5.41, 5.74) is 0.376. The lowest BCUT2D eigenvalue weighted by molar-refractivity contribution is -0.128. The number of halogens is 1. The van der Waals surface area contributed by atoms with Crippen molar-refractivity contribution in [2.75, 3.05) is 17.1 Å². The summed E-state index contributed by atoms with van der Waals surface area (Å²) in [7, 11) is -3.49. The van der Waals surface area contributed by atoms with Crippen molar-refractivity contribution in [1.82, 2.24) is 5.32 Å². The lowest BCUT2D eigenvalue weighted by Crippen LogP contribution is -2.43. The molecule has 3 rings (SSSR count). The number of carbonyl (C=O) groups is 1. The maximum atomic E-state index is 12.5. The van der Waals surface area contributed by atoms with Gasteiger partial charge in [0.25, 0.3) is 5.91 Å². The van der Waals surface area contributed by atoms with Gasteiger partial charge in [0.1, 0.15) is 5.75 Å². The number of sulfonamides is 1.